The molecule has 1 aromatic heterocycles. The van der Waals surface area contributed by atoms with Crippen LogP contribution < -0.4 is 10.6 Å². The first-order valence-corrected chi connectivity index (χ1v) is 8.48. The Morgan fingerprint density at radius 2 is 2.25 bits per heavy atom. The summed E-state index contributed by atoms with van der Waals surface area (Å²) < 4.78 is 5.17. The van der Waals surface area contributed by atoms with Crippen molar-refractivity contribution in [3.05, 3.63) is 58.5 Å². The third-order valence-electron chi connectivity index (χ3n) is 4.34. The molecule has 2 amide bonds. The summed E-state index contributed by atoms with van der Waals surface area (Å²) in [5.74, 6) is 0.503. The number of hydrogen-bond donors (Lipinski definition) is 3. The van der Waals surface area contributed by atoms with E-state index < -0.39 is 6.10 Å². The molecule has 0 saturated carbocycles. The van der Waals surface area contributed by atoms with E-state index in [1.807, 2.05) is 25.1 Å². The van der Waals surface area contributed by atoms with Crippen LogP contribution in [-0.2, 0) is 6.42 Å². The lowest BCUT2D eigenvalue weighted by Gasteiger charge is -2.20. The summed E-state index contributed by atoms with van der Waals surface area (Å²) in [5.41, 5.74) is 2.20. The molecule has 0 spiro atoms. The van der Waals surface area contributed by atoms with Crippen LogP contribution in [-0.4, -0.2) is 17.2 Å². The molecular weight excluding hydrogens is 328 g/mol. The molecule has 2 aromatic rings. The van der Waals surface area contributed by atoms with Crippen molar-refractivity contribution in [1.29, 1.82) is 0 Å². The Morgan fingerprint density at radius 3 is 3.00 bits per heavy atom. The Balaban J connectivity index is 1.52. The van der Waals surface area contributed by atoms with Crippen LogP contribution in [0, 0.1) is 0 Å². The first-order valence-electron chi connectivity index (χ1n) is 8.10. The van der Waals surface area contributed by atoms with Gasteiger partial charge in [0.2, 0.25) is 0 Å². The number of carbonyl (C=O) groups excluding carboxylic acids is 1. The Morgan fingerprint density at radius 1 is 1.42 bits per heavy atom. The molecule has 0 saturated heterocycles. The van der Waals surface area contributed by atoms with Gasteiger partial charge in [0.25, 0.3) is 0 Å². The minimum absolute atomic E-state index is 0.0269. The third-order valence-corrected chi connectivity index (χ3v) is 4.70. The number of amides is 2. The largest absolute Gasteiger partial charge is 0.467 e. The summed E-state index contributed by atoms with van der Waals surface area (Å²) in [7, 11) is 0. The van der Waals surface area contributed by atoms with Gasteiger partial charge in [0.15, 0.2) is 0 Å². The third kappa shape index (κ3) is 3.74. The van der Waals surface area contributed by atoms with E-state index in [0.29, 0.717) is 12.2 Å². The summed E-state index contributed by atoms with van der Waals surface area (Å²) in [6.07, 6.45) is 2.88. The van der Waals surface area contributed by atoms with Crippen LogP contribution in [0.25, 0.3) is 0 Å². The summed E-state index contributed by atoms with van der Waals surface area (Å²) in [5, 5.41) is 16.7. The van der Waals surface area contributed by atoms with E-state index in [-0.39, 0.29) is 18.1 Å². The fourth-order valence-electron chi connectivity index (χ4n) is 3.17. The van der Waals surface area contributed by atoms with Gasteiger partial charge in [0, 0.05) is 17.5 Å². The molecule has 1 aliphatic carbocycles. The zero-order valence-corrected chi connectivity index (χ0v) is 14.2. The quantitative estimate of drug-likeness (QED) is 0.770. The maximum absolute atomic E-state index is 12.2. The molecular formula is C18H21ClN2O3. The molecule has 0 radical (unpaired) electrons. The topological polar surface area (TPSA) is 74.5 Å². The highest BCUT2D eigenvalue weighted by molar-refractivity contribution is 6.31. The number of aliphatic hydroxyl groups excluding tert-OH is 1. The Hall–Kier alpha value is -1.98. The number of rotatable bonds is 5. The number of urea groups is 1. The van der Waals surface area contributed by atoms with Crippen molar-refractivity contribution < 1.29 is 14.3 Å². The van der Waals surface area contributed by atoms with Crippen LogP contribution in [0.2, 0.25) is 5.02 Å². The van der Waals surface area contributed by atoms with Gasteiger partial charge in [0.1, 0.15) is 11.9 Å². The Bertz CT molecular complexity index is 702. The minimum atomic E-state index is -0.735. The maximum Gasteiger partial charge on any atom is 0.315 e. The first kappa shape index (κ1) is 16.9. The van der Waals surface area contributed by atoms with Crippen molar-refractivity contribution in [2.24, 2.45) is 0 Å². The lowest BCUT2D eigenvalue weighted by molar-refractivity contribution is 0.129. The van der Waals surface area contributed by atoms with Crippen LogP contribution >= 0.6 is 11.6 Å². The average Bonchev–Trinajstić information content (AvgIpc) is 3.18. The van der Waals surface area contributed by atoms with E-state index >= 15 is 0 Å². The molecule has 5 nitrogen and oxygen atoms in total. The Kier molecular flexibility index (Phi) is 5.11. The number of aliphatic hydroxyl groups is 1. The molecule has 1 heterocycles. The molecule has 3 N–H and O–H groups in total. The number of furan rings is 1. The molecule has 0 fully saturated rings. The van der Waals surface area contributed by atoms with Gasteiger partial charge in [0.05, 0.1) is 12.3 Å². The van der Waals surface area contributed by atoms with Crippen LogP contribution in [0.5, 0.6) is 0 Å². The number of benzene rings is 1. The summed E-state index contributed by atoms with van der Waals surface area (Å²) in [6, 6.07) is 8.77. The summed E-state index contributed by atoms with van der Waals surface area (Å²) in [4.78, 5) is 12.2. The molecule has 128 valence electrons. The molecule has 3 rings (SSSR count). The smallest absolute Gasteiger partial charge is 0.315 e. The van der Waals surface area contributed by atoms with Crippen LogP contribution in [0.3, 0.4) is 0 Å². The summed E-state index contributed by atoms with van der Waals surface area (Å²) >= 11 is 6.20. The predicted molar refractivity (Wildman–Crippen MR) is 91.9 cm³/mol. The molecule has 6 heteroatoms. The lowest BCUT2D eigenvalue weighted by atomic mass is 10.1. The molecule has 1 aromatic carbocycles. The highest BCUT2D eigenvalue weighted by Crippen LogP contribution is 2.35. The number of halogens is 1. The van der Waals surface area contributed by atoms with Crippen LogP contribution in [0.15, 0.2) is 41.0 Å². The SMILES string of the molecule is CC(CC(O)c1ccco1)NC(=O)NC1CCc2c(Cl)cccc21. The normalized spacial score (nSPS) is 18.7. The van der Waals surface area contributed by atoms with Crippen molar-refractivity contribution in [1.82, 2.24) is 10.6 Å². The molecule has 3 unspecified atom stereocenters. The first-order chi connectivity index (χ1) is 11.5. The van der Waals surface area contributed by atoms with E-state index in [0.717, 1.165) is 29.0 Å². The zero-order valence-electron chi connectivity index (χ0n) is 13.5. The summed E-state index contributed by atoms with van der Waals surface area (Å²) in [6.45, 7) is 1.85. The fourth-order valence-corrected chi connectivity index (χ4v) is 3.45. The van der Waals surface area contributed by atoms with E-state index in [4.69, 9.17) is 16.0 Å². The number of carbonyl (C=O) groups is 1. The van der Waals surface area contributed by atoms with Crippen LogP contribution in [0.4, 0.5) is 4.79 Å². The highest BCUT2D eigenvalue weighted by atomic mass is 35.5. The van der Waals surface area contributed by atoms with Crippen molar-refractivity contribution >= 4 is 17.6 Å². The zero-order chi connectivity index (χ0) is 17.1. The van der Waals surface area contributed by atoms with Gasteiger partial charge in [-0.1, -0.05) is 23.7 Å². The van der Waals surface area contributed by atoms with Gasteiger partial charge in [-0.25, -0.2) is 4.79 Å². The number of hydrogen-bond acceptors (Lipinski definition) is 3. The van der Waals surface area contributed by atoms with Crippen molar-refractivity contribution in [2.45, 2.75) is 44.4 Å². The van der Waals surface area contributed by atoms with Crippen molar-refractivity contribution in [3.63, 3.8) is 0 Å². The molecule has 24 heavy (non-hydrogen) atoms. The van der Waals surface area contributed by atoms with E-state index in [1.165, 1.54) is 6.26 Å². The second-order valence-electron chi connectivity index (χ2n) is 6.18. The molecule has 0 aliphatic heterocycles. The van der Waals surface area contributed by atoms with Gasteiger partial charge < -0.3 is 20.2 Å². The van der Waals surface area contributed by atoms with E-state index in [1.54, 1.807) is 12.1 Å². The molecule has 1 aliphatic rings. The van der Waals surface area contributed by atoms with Crippen molar-refractivity contribution in [3.8, 4) is 0 Å². The monoisotopic (exact) mass is 348 g/mol. The second-order valence-corrected chi connectivity index (χ2v) is 6.59. The van der Waals surface area contributed by atoms with Gasteiger partial charge in [-0.15, -0.1) is 0 Å². The number of nitrogens with one attached hydrogen (secondary N) is 2. The second kappa shape index (κ2) is 7.28. The number of fused-ring (bicyclic) bond motifs is 1. The van der Waals surface area contributed by atoms with Gasteiger partial charge in [-0.3, -0.25) is 0 Å². The molecule has 3 atom stereocenters. The minimum Gasteiger partial charge on any atom is -0.467 e. The van der Waals surface area contributed by atoms with Gasteiger partial charge in [-0.05, 0) is 49.1 Å². The van der Waals surface area contributed by atoms with Crippen molar-refractivity contribution in [2.75, 3.05) is 0 Å². The molecule has 0 bridgehead atoms. The average molecular weight is 349 g/mol. The highest BCUT2D eigenvalue weighted by Gasteiger charge is 2.26. The lowest BCUT2D eigenvalue weighted by Crippen LogP contribution is -2.42. The van der Waals surface area contributed by atoms with E-state index in [9.17, 15) is 9.90 Å². The Labute approximate surface area is 146 Å². The van der Waals surface area contributed by atoms with E-state index in [2.05, 4.69) is 10.6 Å². The van der Waals surface area contributed by atoms with Crippen LogP contribution in [0.1, 0.15) is 48.8 Å². The van der Waals surface area contributed by atoms with Gasteiger partial charge >= 0.3 is 6.03 Å². The fraction of sp³-hybridized carbons (Fsp3) is 0.389. The standard InChI is InChI=1S/C18H21ClN2O3/c1-11(10-16(22)17-6-3-9-24-17)20-18(23)21-15-8-7-12-13(15)4-2-5-14(12)19/h2-6,9,11,15-16,22H,7-8,10H2,1H3,(H2,20,21,23). The predicted octanol–water partition coefficient (Wildman–Crippen LogP) is 3.73. The maximum atomic E-state index is 12.2. The van der Waals surface area contributed by atoms with Gasteiger partial charge in [-0.2, -0.15) is 0 Å².